The van der Waals surface area contributed by atoms with Gasteiger partial charge in [-0.25, -0.2) is 0 Å². The van der Waals surface area contributed by atoms with E-state index in [9.17, 15) is 9.59 Å². The third-order valence-corrected chi connectivity index (χ3v) is 3.36. The Morgan fingerprint density at radius 2 is 2.16 bits per heavy atom. The van der Waals surface area contributed by atoms with Crippen LogP contribution in [0.1, 0.15) is 10.4 Å². The summed E-state index contributed by atoms with van der Waals surface area (Å²) in [5.41, 5.74) is 6.19. The van der Waals surface area contributed by atoms with Crippen LogP contribution in [0.2, 0.25) is 0 Å². The van der Waals surface area contributed by atoms with Crippen LogP contribution in [0.4, 0.5) is 5.69 Å². The number of amides is 2. The number of aromatic amines is 1. The molecule has 0 atom stereocenters. The Kier molecular flexibility index (Phi) is 4.19. The molecule has 0 saturated carbocycles. The maximum absolute atomic E-state index is 11.9. The number of aromatic nitrogens is 2. The van der Waals surface area contributed by atoms with Gasteiger partial charge in [-0.3, -0.25) is 14.7 Å². The van der Waals surface area contributed by atoms with Crippen LogP contribution >= 0.6 is 11.8 Å². The van der Waals surface area contributed by atoms with Gasteiger partial charge in [0.2, 0.25) is 5.91 Å². The van der Waals surface area contributed by atoms with Crippen LogP contribution in [-0.4, -0.2) is 27.8 Å². The first-order valence-electron chi connectivity index (χ1n) is 5.47. The largest absolute Gasteiger partial charge is 0.369 e. The summed E-state index contributed by atoms with van der Waals surface area (Å²) < 4.78 is 0. The summed E-state index contributed by atoms with van der Waals surface area (Å²) in [5, 5.41) is 9.05. The van der Waals surface area contributed by atoms with Crippen molar-refractivity contribution in [3.05, 3.63) is 42.2 Å². The molecular weight excluding hydrogens is 264 g/mol. The molecule has 6 nitrogen and oxygen atoms in total. The van der Waals surface area contributed by atoms with Gasteiger partial charge in [0.05, 0.1) is 23.2 Å². The molecule has 0 radical (unpaired) electrons. The van der Waals surface area contributed by atoms with E-state index in [1.807, 2.05) is 12.1 Å². The number of hydrogen-bond donors (Lipinski definition) is 3. The molecule has 2 aromatic rings. The lowest BCUT2D eigenvalue weighted by molar-refractivity contribution is -0.115. The number of H-pyrrole nitrogens is 1. The highest BCUT2D eigenvalue weighted by Gasteiger charge is 2.10. The van der Waals surface area contributed by atoms with Crippen molar-refractivity contribution in [2.75, 3.05) is 11.1 Å². The fourth-order valence-corrected chi connectivity index (χ4v) is 2.16. The Balaban J connectivity index is 2.11. The third-order valence-electron chi connectivity index (χ3n) is 2.27. The zero-order valence-corrected chi connectivity index (χ0v) is 10.7. The molecule has 2 rings (SSSR count). The van der Waals surface area contributed by atoms with Crippen molar-refractivity contribution in [1.82, 2.24) is 10.2 Å². The minimum atomic E-state index is -0.402. The monoisotopic (exact) mass is 276 g/mol. The van der Waals surface area contributed by atoms with Crippen molar-refractivity contribution in [3.63, 3.8) is 0 Å². The summed E-state index contributed by atoms with van der Waals surface area (Å²) in [5.74, 6) is -0.500. The van der Waals surface area contributed by atoms with Crippen LogP contribution in [0.15, 0.2) is 41.6 Å². The number of anilines is 1. The van der Waals surface area contributed by atoms with Crippen LogP contribution in [-0.2, 0) is 4.79 Å². The Morgan fingerprint density at radius 1 is 1.37 bits per heavy atom. The van der Waals surface area contributed by atoms with Crippen molar-refractivity contribution in [2.45, 2.75) is 4.90 Å². The standard InChI is InChI=1S/C12H12N4O2S/c13-11(17)7-19-10-4-2-1-3-9(10)16-12(18)8-5-14-15-6-8/h1-6H,7H2,(H2,13,17)(H,14,15)(H,16,18). The second kappa shape index (κ2) is 6.05. The van der Waals surface area contributed by atoms with Gasteiger partial charge in [-0.1, -0.05) is 12.1 Å². The number of thioether (sulfide) groups is 1. The molecule has 0 saturated heterocycles. The van der Waals surface area contributed by atoms with E-state index < -0.39 is 5.91 Å². The normalized spacial score (nSPS) is 10.1. The van der Waals surface area contributed by atoms with Gasteiger partial charge in [-0.05, 0) is 12.1 Å². The summed E-state index contributed by atoms with van der Waals surface area (Å²) in [4.78, 5) is 23.5. The SMILES string of the molecule is NC(=O)CSc1ccccc1NC(=O)c1cn[nH]c1. The molecule has 1 aromatic carbocycles. The highest BCUT2D eigenvalue weighted by Crippen LogP contribution is 2.26. The second-order valence-corrected chi connectivity index (χ2v) is 4.71. The van der Waals surface area contributed by atoms with Crippen LogP contribution in [0, 0.1) is 0 Å². The van der Waals surface area contributed by atoms with Gasteiger partial charge in [0.15, 0.2) is 0 Å². The topological polar surface area (TPSA) is 101 Å². The molecule has 1 aromatic heterocycles. The molecule has 2 amide bonds. The molecule has 0 spiro atoms. The summed E-state index contributed by atoms with van der Waals surface area (Å²) in [7, 11) is 0. The van der Waals surface area contributed by atoms with E-state index in [1.54, 1.807) is 12.1 Å². The number of hydrogen-bond acceptors (Lipinski definition) is 4. The van der Waals surface area contributed by atoms with E-state index in [1.165, 1.54) is 24.2 Å². The maximum Gasteiger partial charge on any atom is 0.258 e. The van der Waals surface area contributed by atoms with Crippen molar-refractivity contribution in [1.29, 1.82) is 0 Å². The van der Waals surface area contributed by atoms with Crippen LogP contribution in [0.25, 0.3) is 0 Å². The van der Waals surface area contributed by atoms with Crippen molar-refractivity contribution in [3.8, 4) is 0 Å². The van der Waals surface area contributed by atoms with E-state index in [0.717, 1.165) is 4.90 Å². The number of primary amides is 1. The van der Waals surface area contributed by atoms with Gasteiger partial charge in [0.25, 0.3) is 5.91 Å². The van der Waals surface area contributed by atoms with Crippen molar-refractivity contribution >= 4 is 29.3 Å². The Hall–Kier alpha value is -2.28. The molecule has 0 fully saturated rings. The first kappa shape index (κ1) is 13.2. The number of carbonyl (C=O) groups excluding carboxylic acids is 2. The number of nitrogens with two attached hydrogens (primary N) is 1. The lowest BCUT2D eigenvalue weighted by atomic mass is 10.3. The first-order valence-corrected chi connectivity index (χ1v) is 6.45. The van der Waals surface area contributed by atoms with E-state index in [0.29, 0.717) is 11.3 Å². The quantitative estimate of drug-likeness (QED) is 0.715. The molecule has 1 heterocycles. The second-order valence-electron chi connectivity index (χ2n) is 3.69. The number of carbonyl (C=O) groups is 2. The van der Waals surface area contributed by atoms with Gasteiger partial charge in [-0.15, -0.1) is 11.8 Å². The fraction of sp³-hybridized carbons (Fsp3) is 0.0833. The molecule has 0 bridgehead atoms. The van der Waals surface area contributed by atoms with Crippen LogP contribution in [0.5, 0.6) is 0 Å². The molecule has 4 N–H and O–H groups in total. The molecule has 0 aliphatic heterocycles. The molecule has 98 valence electrons. The zero-order chi connectivity index (χ0) is 13.7. The lowest BCUT2D eigenvalue weighted by Gasteiger charge is -2.09. The van der Waals surface area contributed by atoms with E-state index in [4.69, 9.17) is 5.73 Å². The Labute approximate surface area is 113 Å². The molecule has 0 unspecified atom stereocenters. The lowest BCUT2D eigenvalue weighted by Crippen LogP contribution is -2.14. The third kappa shape index (κ3) is 3.59. The van der Waals surface area contributed by atoms with Gasteiger partial charge < -0.3 is 11.1 Å². The number of para-hydroxylation sites is 1. The summed E-state index contributed by atoms with van der Waals surface area (Å²) in [6.07, 6.45) is 2.95. The summed E-state index contributed by atoms with van der Waals surface area (Å²) >= 11 is 1.28. The van der Waals surface area contributed by atoms with E-state index >= 15 is 0 Å². The molecule has 0 aliphatic carbocycles. The highest BCUT2D eigenvalue weighted by molar-refractivity contribution is 8.00. The highest BCUT2D eigenvalue weighted by atomic mass is 32.2. The zero-order valence-electron chi connectivity index (χ0n) is 9.92. The van der Waals surface area contributed by atoms with Crippen LogP contribution in [0.3, 0.4) is 0 Å². The minimum Gasteiger partial charge on any atom is -0.369 e. The summed E-state index contributed by atoms with van der Waals surface area (Å²) in [6.45, 7) is 0. The van der Waals surface area contributed by atoms with Crippen molar-refractivity contribution < 1.29 is 9.59 Å². The molecule has 7 heteroatoms. The van der Waals surface area contributed by atoms with Crippen LogP contribution < -0.4 is 11.1 Å². The predicted octanol–water partition coefficient (Wildman–Crippen LogP) is 1.24. The van der Waals surface area contributed by atoms with Gasteiger partial charge >= 0.3 is 0 Å². The van der Waals surface area contributed by atoms with Gasteiger partial charge in [-0.2, -0.15) is 5.10 Å². The smallest absolute Gasteiger partial charge is 0.258 e. The van der Waals surface area contributed by atoms with Gasteiger partial charge in [0, 0.05) is 11.1 Å². The summed E-state index contributed by atoms with van der Waals surface area (Å²) in [6, 6.07) is 7.22. The van der Waals surface area contributed by atoms with E-state index in [2.05, 4.69) is 15.5 Å². The number of rotatable bonds is 5. The molecular formula is C12H12N4O2S. The number of nitrogens with one attached hydrogen (secondary N) is 2. The average Bonchev–Trinajstić information content (AvgIpc) is 2.91. The molecule has 19 heavy (non-hydrogen) atoms. The van der Waals surface area contributed by atoms with Gasteiger partial charge in [0.1, 0.15) is 0 Å². The Bertz CT molecular complexity index is 583. The van der Waals surface area contributed by atoms with E-state index in [-0.39, 0.29) is 11.7 Å². The predicted molar refractivity (Wildman–Crippen MR) is 72.9 cm³/mol. The number of benzene rings is 1. The first-order chi connectivity index (χ1) is 9.16. The van der Waals surface area contributed by atoms with Crippen molar-refractivity contribution in [2.24, 2.45) is 5.73 Å². The Morgan fingerprint density at radius 3 is 2.84 bits per heavy atom. The minimum absolute atomic E-state index is 0.165. The number of nitrogens with zero attached hydrogens (tertiary/aromatic N) is 1. The maximum atomic E-state index is 11.9. The molecule has 0 aliphatic rings. The average molecular weight is 276 g/mol. The fourth-order valence-electron chi connectivity index (χ4n) is 1.41.